The van der Waals surface area contributed by atoms with Gasteiger partial charge in [0.15, 0.2) is 0 Å². The van der Waals surface area contributed by atoms with E-state index in [2.05, 4.69) is 59.1 Å². The zero-order chi connectivity index (χ0) is 25.8. The molecule has 1 aliphatic rings. The molecular formula is C31H32FN3O2. The lowest BCUT2D eigenvalue weighted by molar-refractivity contribution is -0.117. The Hall–Kier alpha value is -3.74. The van der Waals surface area contributed by atoms with E-state index in [1.807, 2.05) is 36.4 Å². The lowest BCUT2D eigenvalue weighted by Crippen LogP contribution is -2.46. The van der Waals surface area contributed by atoms with Crippen molar-refractivity contribution in [3.05, 3.63) is 101 Å². The van der Waals surface area contributed by atoms with Crippen molar-refractivity contribution in [3.8, 4) is 11.3 Å². The molecule has 190 valence electrons. The fourth-order valence-corrected chi connectivity index (χ4v) is 5.03. The number of fused-ring (bicyclic) bond motifs is 1. The smallest absolute Gasteiger partial charge is 0.244 e. The Morgan fingerprint density at radius 1 is 1.11 bits per heavy atom. The first-order valence-electron chi connectivity index (χ1n) is 12.7. The lowest BCUT2D eigenvalue weighted by atomic mass is 10.0. The molecule has 1 amide bonds. The Balaban J connectivity index is 1.27. The Kier molecular flexibility index (Phi) is 7.49. The number of carbonyl (C=O) groups excluding carboxylic acids is 1. The molecule has 0 aliphatic carbocycles. The van der Waals surface area contributed by atoms with Crippen LogP contribution in [-0.2, 0) is 23.1 Å². The minimum absolute atomic E-state index is 0.0911. The molecule has 1 N–H and O–H groups in total. The minimum Gasteiger partial charge on any atom is -0.374 e. The molecular weight excluding hydrogens is 465 g/mol. The van der Waals surface area contributed by atoms with Gasteiger partial charge in [0.2, 0.25) is 5.91 Å². The van der Waals surface area contributed by atoms with Gasteiger partial charge >= 0.3 is 0 Å². The molecule has 1 atom stereocenters. The molecule has 5 nitrogen and oxygen atoms in total. The van der Waals surface area contributed by atoms with Gasteiger partial charge < -0.3 is 14.6 Å². The number of amides is 1. The number of halogens is 1. The number of benzene rings is 3. The molecule has 5 rings (SSSR count). The average Bonchev–Trinajstić information content (AvgIpc) is 3.18. The molecule has 0 saturated carbocycles. The number of nitrogens with one attached hydrogen (secondary N) is 1. The molecule has 1 aromatic heterocycles. The lowest BCUT2D eigenvalue weighted by Gasteiger charge is -2.33. The number of hydrogen-bond acceptors (Lipinski definition) is 3. The summed E-state index contributed by atoms with van der Waals surface area (Å²) < 4.78 is 21.3. The second-order valence-electron chi connectivity index (χ2n) is 9.64. The van der Waals surface area contributed by atoms with E-state index >= 15 is 0 Å². The van der Waals surface area contributed by atoms with Crippen molar-refractivity contribution in [1.82, 2.24) is 14.8 Å². The van der Waals surface area contributed by atoms with Crippen LogP contribution in [0.5, 0.6) is 0 Å². The van der Waals surface area contributed by atoms with Gasteiger partial charge in [-0.15, -0.1) is 0 Å². The van der Waals surface area contributed by atoms with Crippen LogP contribution in [0.3, 0.4) is 0 Å². The molecule has 6 heteroatoms. The Morgan fingerprint density at radius 2 is 1.89 bits per heavy atom. The SMILES string of the molecule is Cc1ccc2c(c1)c(/C=C/C(=O)NCC1CN(Cc3ccc(F)cc3)CCO1)c(-c1ccccc1)n2C. The predicted molar refractivity (Wildman–Crippen MR) is 147 cm³/mol. The zero-order valence-corrected chi connectivity index (χ0v) is 21.3. The molecule has 2 heterocycles. The molecule has 4 aromatic rings. The zero-order valence-electron chi connectivity index (χ0n) is 21.3. The van der Waals surface area contributed by atoms with E-state index in [0.717, 1.165) is 46.4 Å². The quantitative estimate of drug-likeness (QED) is 0.352. The number of ether oxygens (including phenoxy) is 1. The van der Waals surface area contributed by atoms with E-state index in [0.29, 0.717) is 19.7 Å². The highest BCUT2D eigenvalue weighted by atomic mass is 19.1. The van der Waals surface area contributed by atoms with Crippen LogP contribution < -0.4 is 5.32 Å². The third kappa shape index (κ3) is 5.82. The number of hydrogen-bond donors (Lipinski definition) is 1. The molecule has 1 saturated heterocycles. The first-order chi connectivity index (χ1) is 18.0. The molecule has 0 bridgehead atoms. The van der Waals surface area contributed by atoms with Crippen molar-refractivity contribution in [1.29, 1.82) is 0 Å². The highest BCUT2D eigenvalue weighted by Gasteiger charge is 2.21. The standard InChI is InChI=1S/C31H32FN3O2/c1-22-8-14-29-28(18-22)27(31(34(29)2)24-6-4-3-5-7-24)13-15-30(36)33-19-26-21-35(16-17-37-26)20-23-9-11-25(32)12-10-23/h3-15,18,26H,16-17,19-21H2,1-2H3,(H,33,36)/b15-13+. The van der Waals surface area contributed by atoms with Gasteiger partial charge in [-0.2, -0.15) is 0 Å². The van der Waals surface area contributed by atoms with E-state index in [9.17, 15) is 9.18 Å². The van der Waals surface area contributed by atoms with Gasteiger partial charge in [0.05, 0.1) is 18.4 Å². The Morgan fingerprint density at radius 3 is 2.68 bits per heavy atom. The number of rotatable bonds is 7. The fraction of sp³-hybridized carbons (Fsp3) is 0.258. The van der Waals surface area contributed by atoms with Gasteiger partial charge in [0, 0.05) is 55.8 Å². The fourth-order valence-electron chi connectivity index (χ4n) is 5.03. The van der Waals surface area contributed by atoms with Crippen LogP contribution in [-0.4, -0.2) is 47.7 Å². The van der Waals surface area contributed by atoms with Gasteiger partial charge in [-0.05, 0) is 48.4 Å². The van der Waals surface area contributed by atoms with Crippen LogP contribution in [0.2, 0.25) is 0 Å². The third-order valence-electron chi connectivity index (χ3n) is 6.89. The molecule has 3 aromatic carbocycles. The second-order valence-corrected chi connectivity index (χ2v) is 9.64. The number of aromatic nitrogens is 1. The third-order valence-corrected chi connectivity index (χ3v) is 6.89. The summed E-state index contributed by atoms with van der Waals surface area (Å²) in [7, 11) is 2.06. The highest BCUT2D eigenvalue weighted by Crippen LogP contribution is 2.34. The molecule has 1 unspecified atom stereocenters. The summed E-state index contributed by atoms with van der Waals surface area (Å²) in [6.07, 6.45) is 3.44. The summed E-state index contributed by atoms with van der Waals surface area (Å²) in [4.78, 5) is 15.1. The highest BCUT2D eigenvalue weighted by molar-refractivity contribution is 6.01. The summed E-state index contributed by atoms with van der Waals surface area (Å²) in [6, 6.07) is 23.3. The molecule has 1 fully saturated rings. The maximum absolute atomic E-state index is 13.2. The van der Waals surface area contributed by atoms with Crippen LogP contribution in [0.15, 0.2) is 78.9 Å². The predicted octanol–water partition coefficient (Wildman–Crippen LogP) is 5.32. The van der Waals surface area contributed by atoms with Crippen molar-refractivity contribution in [2.75, 3.05) is 26.2 Å². The summed E-state index contributed by atoms with van der Waals surface area (Å²) in [5, 5.41) is 4.13. The topological polar surface area (TPSA) is 46.5 Å². The van der Waals surface area contributed by atoms with Crippen molar-refractivity contribution >= 4 is 22.9 Å². The maximum atomic E-state index is 13.2. The van der Waals surface area contributed by atoms with Gasteiger partial charge in [0.25, 0.3) is 0 Å². The molecule has 0 radical (unpaired) electrons. The van der Waals surface area contributed by atoms with E-state index in [1.54, 1.807) is 6.08 Å². The van der Waals surface area contributed by atoms with Crippen molar-refractivity contribution in [3.63, 3.8) is 0 Å². The number of aryl methyl sites for hydroxylation is 2. The number of nitrogens with zero attached hydrogens (tertiary/aromatic N) is 2. The van der Waals surface area contributed by atoms with Crippen LogP contribution in [0.1, 0.15) is 16.7 Å². The number of morpholine rings is 1. The van der Waals surface area contributed by atoms with Crippen molar-refractivity contribution < 1.29 is 13.9 Å². The molecule has 0 spiro atoms. The summed E-state index contributed by atoms with van der Waals surface area (Å²) in [6.45, 7) is 5.37. The molecule has 1 aliphatic heterocycles. The maximum Gasteiger partial charge on any atom is 0.244 e. The summed E-state index contributed by atoms with van der Waals surface area (Å²) in [5.41, 5.74) is 6.58. The van der Waals surface area contributed by atoms with Gasteiger partial charge in [0.1, 0.15) is 5.82 Å². The number of carbonyl (C=O) groups is 1. The van der Waals surface area contributed by atoms with Gasteiger partial charge in [-0.25, -0.2) is 4.39 Å². The van der Waals surface area contributed by atoms with E-state index in [1.165, 1.54) is 17.7 Å². The van der Waals surface area contributed by atoms with E-state index in [-0.39, 0.29) is 17.8 Å². The Labute approximate surface area is 217 Å². The Bertz CT molecular complexity index is 1410. The first-order valence-corrected chi connectivity index (χ1v) is 12.7. The van der Waals surface area contributed by atoms with Crippen LogP contribution >= 0.6 is 0 Å². The summed E-state index contributed by atoms with van der Waals surface area (Å²) in [5.74, 6) is -0.378. The van der Waals surface area contributed by atoms with Gasteiger partial charge in [-0.3, -0.25) is 9.69 Å². The van der Waals surface area contributed by atoms with Crippen LogP contribution in [0.25, 0.3) is 28.2 Å². The molecule has 37 heavy (non-hydrogen) atoms. The van der Waals surface area contributed by atoms with E-state index < -0.39 is 0 Å². The van der Waals surface area contributed by atoms with E-state index in [4.69, 9.17) is 4.74 Å². The largest absolute Gasteiger partial charge is 0.374 e. The van der Waals surface area contributed by atoms with Crippen LogP contribution in [0, 0.1) is 12.7 Å². The van der Waals surface area contributed by atoms with Crippen LogP contribution in [0.4, 0.5) is 4.39 Å². The first kappa shape index (κ1) is 24.9. The van der Waals surface area contributed by atoms with Crippen molar-refractivity contribution in [2.24, 2.45) is 7.05 Å². The monoisotopic (exact) mass is 497 g/mol. The van der Waals surface area contributed by atoms with Crippen molar-refractivity contribution in [2.45, 2.75) is 19.6 Å². The summed E-state index contributed by atoms with van der Waals surface area (Å²) >= 11 is 0. The normalized spacial score (nSPS) is 16.5. The minimum atomic E-state index is -0.228. The van der Waals surface area contributed by atoms with Gasteiger partial charge in [-0.1, -0.05) is 54.1 Å². The average molecular weight is 498 g/mol. The second kappa shape index (κ2) is 11.1.